The predicted octanol–water partition coefficient (Wildman–Crippen LogP) is 3.04. The minimum Gasteiger partial charge on any atom is -0.492 e. The Balaban J connectivity index is 1.83. The molecule has 1 aliphatic rings. The van der Waals surface area contributed by atoms with Crippen molar-refractivity contribution in [1.82, 2.24) is 19.5 Å². The van der Waals surface area contributed by atoms with E-state index in [1.165, 1.54) is 22.2 Å². The minimum atomic E-state index is -0.221. The van der Waals surface area contributed by atoms with Crippen LogP contribution in [0.3, 0.4) is 0 Å². The van der Waals surface area contributed by atoms with E-state index < -0.39 is 0 Å². The Morgan fingerprint density at radius 3 is 2.67 bits per heavy atom. The highest BCUT2D eigenvalue weighted by Gasteiger charge is 2.33. The monoisotopic (exact) mass is 386 g/mol. The molecule has 0 amide bonds. The highest BCUT2D eigenvalue weighted by Crippen LogP contribution is 2.43. The number of Topliss-reactive ketones (excluding diaryl/α,β-unsaturated/α-hetero) is 1. The first-order chi connectivity index (χ1) is 13.0. The molecule has 1 unspecified atom stereocenters. The maximum atomic E-state index is 11.8. The molecular formula is C19H22N4O3S. The number of hydrogen-bond donors (Lipinski definition) is 1. The quantitative estimate of drug-likeness (QED) is 0.726. The molecule has 0 saturated carbocycles. The zero-order chi connectivity index (χ0) is 19.0. The molecule has 27 heavy (non-hydrogen) atoms. The largest absolute Gasteiger partial charge is 0.492 e. The Hall–Kier alpha value is -2.45. The molecule has 1 N–H and O–H groups in total. The van der Waals surface area contributed by atoms with Crippen LogP contribution in [0.2, 0.25) is 0 Å². The van der Waals surface area contributed by atoms with E-state index in [9.17, 15) is 9.90 Å². The van der Waals surface area contributed by atoms with Crippen LogP contribution in [0.1, 0.15) is 43.2 Å². The SMILES string of the molecule is CC(C)Oc1ccccc1C(c1sc2ncnn2c1O)N1CCC(=O)CC1. The maximum absolute atomic E-state index is 11.8. The topological polar surface area (TPSA) is 80.0 Å². The molecule has 7 nitrogen and oxygen atoms in total. The van der Waals surface area contributed by atoms with E-state index in [0.717, 1.165) is 16.2 Å². The van der Waals surface area contributed by atoms with E-state index in [1.54, 1.807) is 0 Å². The number of aromatic hydroxyl groups is 1. The lowest BCUT2D eigenvalue weighted by Gasteiger charge is -2.34. The number of carbonyl (C=O) groups excluding carboxylic acids is 1. The van der Waals surface area contributed by atoms with Gasteiger partial charge in [-0.15, -0.1) is 0 Å². The lowest BCUT2D eigenvalue weighted by molar-refractivity contribution is -0.121. The Kier molecular flexibility index (Phi) is 4.84. The van der Waals surface area contributed by atoms with Crippen molar-refractivity contribution in [2.45, 2.75) is 38.8 Å². The fraction of sp³-hybridized carbons (Fsp3) is 0.421. The second-order valence-corrected chi connectivity index (χ2v) is 7.94. The molecule has 0 bridgehead atoms. The summed E-state index contributed by atoms with van der Waals surface area (Å²) in [5.41, 5.74) is 0.973. The number of para-hydroxylation sites is 1. The van der Waals surface area contributed by atoms with Crippen molar-refractivity contribution in [3.8, 4) is 11.6 Å². The van der Waals surface area contributed by atoms with Gasteiger partial charge in [0.15, 0.2) is 0 Å². The van der Waals surface area contributed by atoms with Crippen LogP contribution < -0.4 is 4.74 Å². The third-order valence-corrected chi connectivity index (χ3v) is 5.77. The number of carbonyl (C=O) groups is 1. The number of thiazole rings is 1. The average molecular weight is 386 g/mol. The van der Waals surface area contributed by atoms with Crippen LogP contribution in [0.25, 0.3) is 4.96 Å². The molecule has 1 aliphatic heterocycles. The van der Waals surface area contributed by atoms with Crippen molar-refractivity contribution >= 4 is 22.1 Å². The van der Waals surface area contributed by atoms with Crippen molar-refractivity contribution in [1.29, 1.82) is 0 Å². The van der Waals surface area contributed by atoms with Crippen LogP contribution in [0, 0.1) is 0 Å². The summed E-state index contributed by atoms with van der Waals surface area (Å²) in [5.74, 6) is 1.16. The molecule has 0 spiro atoms. The molecule has 2 aromatic heterocycles. The smallest absolute Gasteiger partial charge is 0.230 e. The molecule has 3 aromatic rings. The second-order valence-electron chi connectivity index (χ2n) is 6.93. The first-order valence-corrected chi connectivity index (χ1v) is 9.89. The summed E-state index contributed by atoms with van der Waals surface area (Å²) in [7, 11) is 0. The highest BCUT2D eigenvalue weighted by atomic mass is 32.1. The molecule has 8 heteroatoms. The summed E-state index contributed by atoms with van der Waals surface area (Å²) >= 11 is 1.41. The summed E-state index contributed by atoms with van der Waals surface area (Å²) in [4.78, 5) is 19.6. The van der Waals surface area contributed by atoms with Gasteiger partial charge in [-0.05, 0) is 19.9 Å². The predicted molar refractivity (Wildman–Crippen MR) is 102 cm³/mol. The van der Waals surface area contributed by atoms with Gasteiger partial charge in [0.1, 0.15) is 17.9 Å². The van der Waals surface area contributed by atoms with Gasteiger partial charge >= 0.3 is 0 Å². The fourth-order valence-electron chi connectivity index (χ4n) is 3.48. The standard InChI is InChI=1S/C19H22N4O3S/c1-12(2)26-15-6-4-3-5-14(15)16(22-9-7-13(24)8-10-22)17-18(25)23-19(27-17)20-11-21-23/h3-6,11-12,16,25H,7-10H2,1-2H3. The Bertz CT molecular complexity index is 955. The summed E-state index contributed by atoms with van der Waals surface area (Å²) < 4.78 is 7.50. The number of piperidine rings is 1. The number of nitrogens with zero attached hydrogens (tertiary/aromatic N) is 4. The number of likely N-dealkylation sites (tertiary alicyclic amines) is 1. The molecule has 4 rings (SSSR count). The van der Waals surface area contributed by atoms with Crippen LogP contribution in [-0.4, -0.2) is 49.6 Å². The fourth-order valence-corrected chi connectivity index (χ4v) is 4.56. The zero-order valence-corrected chi connectivity index (χ0v) is 16.1. The molecule has 3 heterocycles. The summed E-state index contributed by atoms with van der Waals surface area (Å²) in [5, 5.41) is 14.9. The molecule has 1 aromatic carbocycles. The van der Waals surface area contributed by atoms with E-state index in [-0.39, 0.29) is 23.8 Å². The first-order valence-electron chi connectivity index (χ1n) is 9.07. The molecule has 1 atom stereocenters. The van der Waals surface area contributed by atoms with Crippen LogP contribution in [0.5, 0.6) is 11.6 Å². The van der Waals surface area contributed by atoms with E-state index in [1.807, 2.05) is 38.1 Å². The zero-order valence-electron chi connectivity index (χ0n) is 15.3. The van der Waals surface area contributed by atoms with Crippen molar-refractivity contribution in [3.05, 3.63) is 41.0 Å². The number of rotatable bonds is 5. The molecule has 0 aliphatic carbocycles. The van der Waals surface area contributed by atoms with Gasteiger partial charge in [-0.25, -0.2) is 4.98 Å². The average Bonchev–Trinajstić information content (AvgIpc) is 3.22. The number of ketones is 1. The Morgan fingerprint density at radius 1 is 1.22 bits per heavy atom. The van der Waals surface area contributed by atoms with E-state index in [2.05, 4.69) is 15.0 Å². The number of hydrogen-bond acceptors (Lipinski definition) is 7. The van der Waals surface area contributed by atoms with Gasteiger partial charge in [0.25, 0.3) is 0 Å². The molecular weight excluding hydrogens is 364 g/mol. The van der Waals surface area contributed by atoms with Gasteiger partial charge in [-0.2, -0.15) is 9.61 Å². The van der Waals surface area contributed by atoms with Crippen LogP contribution in [-0.2, 0) is 4.79 Å². The van der Waals surface area contributed by atoms with Gasteiger partial charge in [0.05, 0.1) is 17.0 Å². The van der Waals surface area contributed by atoms with E-state index >= 15 is 0 Å². The molecule has 0 radical (unpaired) electrons. The van der Waals surface area contributed by atoms with Gasteiger partial charge in [0, 0.05) is 31.5 Å². The normalized spacial score (nSPS) is 16.9. The number of aromatic nitrogens is 3. The van der Waals surface area contributed by atoms with Gasteiger partial charge in [-0.3, -0.25) is 9.69 Å². The van der Waals surface area contributed by atoms with Crippen LogP contribution in [0.4, 0.5) is 0 Å². The highest BCUT2D eigenvalue weighted by molar-refractivity contribution is 7.17. The van der Waals surface area contributed by atoms with Crippen LogP contribution >= 0.6 is 11.3 Å². The lowest BCUT2D eigenvalue weighted by atomic mass is 9.99. The van der Waals surface area contributed by atoms with Crippen molar-refractivity contribution in [3.63, 3.8) is 0 Å². The van der Waals surface area contributed by atoms with Gasteiger partial charge in [-0.1, -0.05) is 29.5 Å². The van der Waals surface area contributed by atoms with E-state index in [0.29, 0.717) is 30.9 Å². The molecule has 142 valence electrons. The summed E-state index contributed by atoms with van der Waals surface area (Å²) in [6, 6.07) is 7.67. The molecule has 1 saturated heterocycles. The third-order valence-electron chi connectivity index (χ3n) is 4.68. The second kappa shape index (κ2) is 7.28. The number of benzene rings is 1. The molecule has 1 fully saturated rings. The number of ether oxygens (including phenoxy) is 1. The Labute approximate surface area is 161 Å². The van der Waals surface area contributed by atoms with E-state index in [4.69, 9.17) is 4.74 Å². The minimum absolute atomic E-state index is 0.0330. The lowest BCUT2D eigenvalue weighted by Crippen LogP contribution is -2.37. The van der Waals surface area contributed by atoms with Crippen molar-refractivity contribution < 1.29 is 14.6 Å². The number of fused-ring (bicyclic) bond motifs is 1. The summed E-state index contributed by atoms with van der Waals surface area (Å²) in [6.45, 7) is 5.27. The maximum Gasteiger partial charge on any atom is 0.230 e. The third kappa shape index (κ3) is 3.42. The summed E-state index contributed by atoms with van der Waals surface area (Å²) in [6.07, 6.45) is 2.50. The van der Waals surface area contributed by atoms with Crippen molar-refractivity contribution in [2.75, 3.05) is 13.1 Å². The van der Waals surface area contributed by atoms with Gasteiger partial charge in [0.2, 0.25) is 10.8 Å². The first kappa shape index (κ1) is 17.9. The Morgan fingerprint density at radius 2 is 1.96 bits per heavy atom. The van der Waals surface area contributed by atoms with Crippen molar-refractivity contribution in [2.24, 2.45) is 0 Å². The van der Waals surface area contributed by atoms with Gasteiger partial charge < -0.3 is 9.84 Å². The van der Waals surface area contributed by atoms with Crippen LogP contribution in [0.15, 0.2) is 30.6 Å².